The third-order valence-electron chi connectivity index (χ3n) is 7.36. The molecule has 1 aliphatic rings. The number of alkyl halides is 3. The summed E-state index contributed by atoms with van der Waals surface area (Å²) in [5.74, 6) is -1.14. The minimum Gasteiger partial charge on any atom is -0.449 e. The number of aromatic nitrogens is 1. The van der Waals surface area contributed by atoms with E-state index in [2.05, 4.69) is 20.4 Å². The first-order chi connectivity index (χ1) is 23.7. The highest BCUT2D eigenvalue weighted by atomic mass is 19.4. The van der Waals surface area contributed by atoms with E-state index in [9.17, 15) is 37.5 Å². The Labute approximate surface area is 288 Å². The fourth-order valence-corrected chi connectivity index (χ4v) is 5.07. The van der Waals surface area contributed by atoms with E-state index in [1.165, 1.54) is 30.5 Å². The first-order valence-electron chi connectivity index (χ1n) is 16.2. The number of benzene rings is 1. The number of aliphatic hydroxyl groups excluding tert-OH is 1. The van der Waals surface area contributed by atoms with Gasteiger partial charge in [-0.2, -0.15) is 0 Å². The van der Waals surface area contributed by atoms with Gasteiger partial charge in [-0.3, -0.25) is 19.7 Å². The standard InChI is InChI=1S/C35H43F3N4O8/c1-23(18-27(43)19-28(44)20-32-41-30(22-48-32)33(46)42-15-4-5-16-42)7-6-14-39-31(45)13-8-24(2)17-25(3)21-49-34(47)40-26-9-11-29(12-10-26)50-35(36,37)38/h6-13,18,22,24-25,27,43H,4-5,14-17,19-21H2,1-3H3,(H,39,45)(H,40,47)/b7-6+,13-8+,23-18+/t24-,25+,27-/m1/s1. The average Bonchev–Trinajstić information content (AvgIpc) is 3.74. The number of ether oxygens (including phenoxy) is 2. The van der Waals surface area contributed by atoms with Crippen molar-refractivity contribution in [3.05, 3.63) is 78.1 Å². The maximum absolute atomic E-state index is 12.4. The van der Waals surface area contributed by atoms with Crippen molar-refractivity contribution in [1.29, 1.82) is 0 Å². The van der Waals surface area contributed by atoms with E-state index in [1.807, 2.05) is 13.8 Å². The number of allylic oxidation sites excluding steroid dienone is 3. The third-order valence-corrected chi connectivity index (χ3v) is 7.36. The number of hydrogen-bond donors (Lipinski definition) is 3. The smallest absolute Gasteiger partial charge is 0.449 e. The number of ketones is 1. The van der Waals surface area contributed by atoms with Crippen LogP contribution in [0.5, 0.6) is 5.75 Å². The number of anilines is 1. The Hall–Kier alpha value is -4.92. The number of oxazole rings is 1. The van der Waals surface area contributed by atoms with Crippen LogP contribution < -0.4 is 15.4 Å². The van der Waals surface area contributed by atoms with Crippen LogP contribution in [0, 0.1) is 11.8 Å². The van der Waals surface area contributed by atoms with Gasteiger partial charge in [0.2, 0.25) is 11.8 Å². The van der Waals surface area contributed by atoms with Crippen LogP contribution in [0.2, 0.25) is 0 Å². The SMILES string of the molecule is CC(/C=C/CNC(=O)/C=C/[C@@H](C)C[C@H](C)COC(=O)Nc1ccc(OC(F)(F)F)cc1)=C\[C@@H](O)CC(=O)Cc1nc(C(=O)N2CCCC2)co1. The monoisotopic (exact) mass is 704 g/mol. The van der Waals surface area contributed by atoms with Crippen molar-refractivity contribution in [2.75, 3.05) is 31.6 Å². The van der Waals surface area contributed by atoms with Gasteiger partial charge >= 0.3 is 12.5 Å². The van der Waals surface area contributed by atoms with Gasteiger partial charge < -0.3 is 29.2 Å². The molecule has 0 saturated carbocycles. The summed E-state index contributed by atoms with van der Waals surface area (Å²) in [6, 6.07) is 4.66. The van der Waals surface area contributed by atoms with Crippen LogP contribution in [0.4, 0.5) is 23.7 Å². The lowest BCUT2D eigenvalue weighted by molar-refractivity contribution is -0.274. The van der Waals surface area contributed by atoms with Gasteiger partial charge in [0.1, 0.15) is 17.8 Å². The molecule has 15 heteroatoms. The molecule has 50 heavy (non-hydrogen) atoms. The van der Waals surface area contributed by atoms with E-state index in [4.69, 9.17) is 9.15 Å². The zero-order valence-corrected chi connectivity index (χ0v) is 28.2. The molecular weight excluding hydrogens is 661 g/mol. The number of Topliss-reactive ketones (excluding diaryl/α,β-unsaturated/α-hetero) is 1. The van der Waals surface area contributed by atoms with Crippen LogP contribution in [0.15, 0.2) is 70.9 Å². The van der Waals surface area contributed by atoms with E-state index in [-0.39, 0.29) is 72.7 Å². The number of carbonyl (C=O) groups is 4. The highest BCUT2D eigenvalue weighted by Crippen LogP contribution is 2.24. The predicted octanol–water partition coefficient (Wildman–Crippen LogP) is 5.76. The lowest BCUT2D eigenvalue weighted by Crippen LogP contribution is -2.27. The summed E-state index contributed by atoms with van der Waals surface area (Å²) in [5, 5.41) is 15.5. The number of amides is 3. The number of hydrogen-bond acceptors (Lipinski definition) is 9. The van der Waals surface area contributed by atoms with Gasteiger partial charge in [-0.15, -0.1) is 13.2 Å². The molecule has 3 amide bonds. The van der Waals surface area contributed by atoms with E-state index in [1.54, 1.807) is 30.1 Å². The Morgan fingerprint density at radius 3 is 2.48 bits per heavy atom. The maximum Gasteiger partial charge on any atom is 0.573 e. The first kappa shape index (κ1) is 39.5. The minimum atomic E-state index is -4.81. The second kappa shape index (κ2) is 19.3. The summed E-state index contributed by atoms with van der Waals surface area (Å²) in [4.78, 5) is 54.9. The lowest BCUT2D eigenvalue weighted by atomic mass is 9.97. The lowest BCUT2D eigenvalue weighted by Gasteiger charge is -2.15. The van der Waals surface area contributed by atoms with Crippen molar-refractivity contribution in [1.82, 2.24) is 15.2 Å². The van der Waals surface area contributed by atoms with Crippen molar-refractivity contribution >= 4 is 29.4 Å². The number of carbonyl (C=O) groups excluding carboxylic acids is 4. The van der Waals surface area contributed by atoms with Gasteiger partial charge in [0.15, 0.2) is 5.69 Å². The average molecular weight is 705 g/mol. The van der Waals surface area contributed by atoms with E-state index >= 15 is 0 Å². The number of nitrogens with zero attached hydrogens (tertiary/aromatic N) is 2. The number of aliphatic hydroxyl groups is 1. The molecule has 0 unspecified atom stereocenters. The van der Waals surface area contributed by atoms with E-state index < -0.39 is 24.3 Å². The van der Waals surface area contributed by atoms with Gasteiger partial charge in [0.25, 0.3) is 5.91 Å². The summed E-state index contributed by atoms with van der Waals surface area (Å²) in [6.45, 7) is 7.22. The van der Waals surface area contributed by atoms with Crippen molar-refractivity contribution in [2.24, 2.45) is 11.8 Å². The van der Waals surface area contributed by atoms with Gasteiger partial charge in [0.05, 0.1) is 19.1 Å². The molecule has 12 nitrogen and oxygen atoms in total. The molecule has 3 N–H and O–H groups in total. The largest absolute Gasteiger partial charge is 0.573 e. The van der Waals surface area contributed by atoms with Crippen molar-refractivity contribution in [2.45, 2.75) is 65.3 Å². The van der Waals surface area contributed by atoms with Crippen molar-refractivity contribution < 1.29 is 51.3 Å². The zero-order valence-electron chi connectivity index (χ0n) is 28.2. The molecule has 0 radical (unpaired) electrons. The summed E-state index contributed by atoms with van der Waals surface area (Å²) in [5.41, 5.74) is 1.11. The maximum atomic E-state index is 12.4. The highest BCUT2D eigenvalue weighted by molar-refractivity contribution is 5.92. The first-order valence-corrected chi connectivity index (χ1v) is 16.2. The molecule has 272 valence electrons. The minimum absolute atomic E-state index is 0.00320. The summed E-state index contributed by atoms with van der Waals surface area (Å²) < 4.78 is 51.1. The Morgan fingerprint density at radius 1 is 1.10 bits per heavy atom. The molecule has 1 saturated heterocycles. The predicted molar refractivity (Wildman–Crippen MR) is 177 cm³/mol. The third kappa shape index (κ3) is 15.1. The van der Waals surface area contributed by atoms with E-state index in [0.29, 0.717) is 25.1 Å². The molecular formula is C35H43F3N4O8. The molecule has 0 aliphatic carbocycles. The summed E-state index contributed by atoms with van der Waals surface area (Å²) >= 11 is 0. The number of rotatable bonds is 17. The van der Waals surface area contributed by atoms with Crippen LogP contribution in [0.3, 0.4) is 0 Å². The highest BCUT2D eigenvalue weighted by Gasteiger charge is 2.31. The van der Waals surface area contributed by atoms with Gasteiger partial charge in [-0.25, -0.2) is 9.78 Å². The molecule has 0 bridgehead atoms. The quantitative estimate of drug-likeness (QED) is 0.138. The normalized spacial score (nSPS) is 15.6. The Kier molecular flexibility index (Phi) is 15.3. The zero-order chi connectivity index (χ0) is 36.7. The second-order valence-electron chi connectivity index (χ2n) is 12.1. The molecule has 3 atom stereocenters. The van der Waals surface area contributed by atoms with Crippen LogP contribution in [0.1, 0.15) is 62.8 Å². The number of nitrogens with one attached hydrogen (secondary N) is 2. The number of halogens is 3. The molecule has 1 aromatic heterocycles. The van der Waals surface area contributed by atoms with Gasteiger partial charge in [-0.1, -0.05) is 43.7 Å². The van der Waals surface area contributed by atoms with Crippen LogP contribution in [-0.2, 0) is 20.7 Å². The molecule has 2 heterocycles. The fraction of sp³-hybridized carbons (Fsp3) is 0.457. The Bertz CT molecular complexity index is 1530. The van der Waals surface area contributed by atoms with Gasteiger partial charge in [0, 0.05) is 31.7 Å². The topological polar surface area (TPSA) is 160 Å². The van der Waals surface area contributed by atoms with Crippen LogP contribution in [-0.4, -0.2) is 77.4 Å². The Balaban J connectivity index is 1.29. The van der Waals surface area contributed by atoms with Crippen molar-refractivity contribution in [3.63, 3.8) is 0 Å². The summed E-state index contributed by atoms with van der Waals surface area (Å²) in [6.07, 6.45) is 4.99. The molecule has 1 aliphatic heterocycles. The molecule has 0 spiro atoms. The molecule has 1 aromatic carbocycles. The van der Waals surface area contributed by atoms with Crippen molar-refractivity contribution in [3.8, 4) is 5.75 Å². The fourth-order valence-electron chi connectivity index (χ4n) is 5.07. The van der Waals surface area contributed by atoms with Gasteiger partial charge in [-0.05, 0) is 68.4 Å². The van der Waals surface area contributed by atoms with E-state index in [0.717, 1.165) is 25.0 Å². The second-order valence-corrected chi connectivity index (χ2v) is 12.1. The van der Waals surface area contributed by atoms with Crippen LogP contribution >= 0.6 is 0 Å². The molecule has 3 rings (SSSR count). The molecule has 1 fully saturated rings. The molecule has 2 aromatic rings. The van der Waals surface area contributed by atoms with Crippen LogP contribution in [0.25, 0.3) is 0 Å². The summed E-state index contributed by atoms with van der Waals surface area (Å²) in [7, 11) is 0. The Morgan fingerprint density at radius 2 is 1.80 bits per heavy atom. The number of likely N-dealkylation sites (tertiary alicyclic amines) is 1.